The molecular formula is C22H25N3O3. The van der Waals surface area contributed by atoms with Gasteiger partial charge < -0.3 is 16.0 Å². The van der Waals surface area contributed by atoms with Gasteiger partial charge in [0.15, 0.2) is 0 Å². The molecule has 0 saturated heterocycles. The summed E-state index contributed by atoms with van der Waals surface area (Å²) in [5, 5.41) is 8.53. The first-order chi connectivity index (χ1) is 13.6. The second-order valence-electron chi connectivity index (χ2n) is 6.95. The minimum atomic E-state index is -0.203. The lowest BCUT2D eigenvalue weighted by Gasteiger charge is -2.12. The van der Waals surface area contributed by atoms with Gasteiger partial charge in [0.1, 0.15) is 0 Å². The third-order valence-corrected chi connectivity index (χ3v) is 4.79. The molecule has 0 atom stereocenters. The van der Waals surface area contributed by atoms with Crippen molar-refractivity contribution in [3.8, 4) is 0 Å². The van der Waals surface area contributed by atoms with Gasteiger partial charge in [0, 0.05) is 35.8 Å². The van der Waals surface area contributed by atoms with Crippen LogP contribution < -0.4 is 16.0 Å². The third-order valence-electron chi connectivity index (χ3n) is 4.79. The van der Waals surface area contributed by atoms with Gasteiger partial charge in [0.05, 0.1) is 0 Å². The maximum atomic E-state index is 12.2. The number of carbonyl (C=O) groups excluding carboxylic acids is 3. The normalized spacial score (nSPS) is 13.7. The van der Waals surface area contributed by atoms with Crippen molar-refractivity contribution in [3.63, 3.8) is 0 Å². The largest absolute Gasteiger partial charge is 0.352 e. The van der Waals surface area contributed by atoms with Gasteiger partial charge in [-0.05, 0) is 49.2 Å². The Morgan fingerprint density at radius 3 is 2.14 bits per heavy atom. The predicted octanol–water partition coefficient (Wildman–Crippen LogP) is 3.12. The van der Waals surface area contributed by atoms with Gasteiger partial charge in [-0.2, -0.15) is 0 Å². The molecule has 6 nitrogen and oxygen atoms in total. The van der Waals surface area contributed by atoms with Crippen LogP contribution in [0.5, 0.6) is 0 Å². The number of hydrogen-bond donors (Lipinski definition) is 3. The summed E-state index contributed by atoms with van der Waals surface area (Å²) in [7, 11) is 0. The molecule has 1 saturated carbocycles. The SMILES string of the molecule is O=C(CCNC(=O)c1ccccc1)Nc1ccc(C(=O)NC2CCCC2)cc1. The standard InChI is InChI=1S/C22H25N3O3/c26-20(14-15-23-21(27)16-6-2-1-3-7-16)24-19-12-10-17(11-13-19)22(28)25-18-8-4-5-9-18/h1-3,6-7,10-13,18H,4-5,8-9,14-15H2,(H,23,27)(H,24,26)(H,25,28). The van der Waals surface area contributed by atoms with E-state index in [9.17, 15) is 14.4 Å². The molecule has 3 N–H and O–H groups in total. The van der Waals surface area contributed by atoms with E-state index in [1.807, 2.05) is 6.07 Å². The molecule has 1 aliphatic rings. The predicted molar refractivity (Wildman–Crippen MR) is 108 cm³/mol. The summed E-state index contributed by atoms with van der Waals surface area (Å²) in [5.74, 6) is -0.476. The Kier molecular flexibility index (Phi) is 6.78. The monoisotopic (exact) mass is 379 g/mol. The zero-order valence-corrected chi connectivity index (χ0v) is 15.7. The quantitative estimate of drug-likeness (QED) is 0.691. The lowest BCUT2D eigenvalue weighted by atomic mass is 10.1. The van der Waals surface area contributed by atoms with E-state index in [4.69, 9.17) is 0 Å². The summed E-state index contributed by atoms with van der Waals surface area (Å²) in [6.07, 6.45) is 4.59. The van der Waals surface area contributed by atoms with Gasteiger partial charge in [-0.3, -0.25) is 14.4 Å². The molecule has 0 radical (unpaired) electrons. The first-order valence-electron chi connectivity index (χ1n) is 9.66. The molecule has 2 aromatic rings. The lowest BCUT2D eigenvalue weighted by molar-refractivity contribution is -0.116. The fourth-order valence-corrected chi connectivity index (χ4v) is 3.25. The molecule has 3 amide bonds. The maximum absolute atomic E-state index is 12.2. The van der Waals surface area contributed by atoms with Crippen LogP contribution in [0.4, 0.5) is 5.69 Å². The second-order valence-corrected chi connectivity index (χ2v) is 6.95. The Labute approximate surface area is 164 Å². The van der Waals surface area contributed by atoms with Gasteiger partial charge in [-0.25, -0.2) is 0 Å². The Morgan fingerprint density at radius 2 is 1.46 bits per heavy atom. The van der Waals surface area contributed by atoms with Crippen LogP contribution in [0.2, 0.25) is 0 Å². The molecule has 2 aromatic carbocycles. The van der Waals surface area contributed by atoms with Crippen LogP contribution >= 0.6 is 0 Å². The molecule has 1 aliphatic carbocycles. The summed E-state index contributed by atoms with van der Waals surface area (Å²) in [6.45, 7) is 0.251. The summed E-state index contributed by atoms with van der Waals surface area (Å²) >= 11 is 0. The fourth-order valence-electron chi connectivity index (χ4n) is 3.25. The van der Waals surface area contributed by atoms with Crippen molar-refractivity contribution >= 4 is 23.4 Å². The highest BCUT2D eigenvalue weighted by molar-refractivity contribution is 5.96. The van der Waals surface area contributed by atoms with Gasteiger partial charge in [-0.15, -0.1) is 0 Å². The fraction of sp³-hybridized carbons (Fsp3) is 0.318. The van der Waals surface area contributed by atoms with Crippen LogP contribution in [0.1, 0.15) is 52.8 Å². The van der Waals surface area contributed by atoms with E-state index < -0.39 is 0 Å². The van der Waals surface area contributed by atoms with E-state index in [1.165, 1.54) is 12.8 Å². The third kappa shape index (κ3) is 5.67. The highest BCUT2D eigenvalue weighted by Crippen LogP contribution is 2.18. The molecule has 146 valence electrons. The number of nitrogens with one attached hydrogen (secondary N) is 3. The summed E-state index contributed by atoms with van der Waals surface area (Å²) in [4.78, 5) is 36.2. The maximum Gasteiger partial charge on any atom is 0.251 e. The first-order valence-corrected chi connectivity index (χ1v) is 9.66. The number of carbonyl (C=O) groups is 3. The molecule has 1 fully saturated rings. The van der Waals surface area contributed by atoms with Crippen molar-refractivity contribution in [1.29, 1.82) is 0 Å². The molecular weight excluding hydrogens is 354 g/mol. The van der Waals surface area contributed by atoms with E-state index in [-0.39, 0.29) is 36.7 Å². The number of amides is 3. The zero-order valence-electron chi connectivity index (χ0n) is 15.7. The molecule has 28 heavy (non-hydrogen) atoms. The topological polar surface area (TPSA) is 87.3 Å². The Hall–Kier alpha value is -3.15. The molecule has 3 rings (SSSR count). The molecule has 0 spiro atoms. The summed E-state index contributed by atoms with van der Waals surface area (Å²) in [6, 6.07) is 16.0. The van der Waals surface area contributed by atoms with Gasteiger partial charge in [-0.1, -0.05) is 31.0 Å². The Bertz CT molecular complexity index is 813. The second kappa shape index (κ2) is 9.69. The average molecular weight is 379 g/mol. The Morgan fingerprint density at radius 1 is 0.821 bits per heavy atom. The number of hydrogen-bond acceptors (Lipinski definition) is 3. The minimum Gasteiger partial charge on any atom is -0.352 e. The van der Waals surface area contributed by atoms with Crippen LogP contribution in [0.3, 0.4) is 0 Å². The van der Waals surface area contributed by atoms with Crippen molar-refractivity contribution < 1.29 is 14.4 Å². The van der Waals surface area contributed by atoms with Gasteiger partial charge >= 0.3 is 0 Å². The molecule has 0 unspecified atom stereocenters. The van der Waals surface area contributed by atoms with Crippen LogP contribution in [-0.4, -0.2) is 30.3 Å². The molecule has 0 aromatic heterocycles. The summed E-state index contributed by atoms with van der Waals surface area (Å²) in [5.41, 5.74) is 1.77. The van der Waals surface area contributed by atoms with Gasteiger partial charge in [0.2, 0.25) is 5.91 Å². The van der Waals surface area contributed by atoms with E-state index in [0.29, 0.717) is 16.8 Å². The van der Waals surface area contributed by atoms with Crippen molar-refractivity contribution in [2.75, 3.05) is 11.9 Å². The molecule has 6 heteroatoms. The van der Waals surface area contributed by atoms with E-state index in [2.05, 4.69) is 16.0 Å². The van der Waals surface area contributed by atoms with E-state index in [1.54, 1.807) is 48.5 Å². The number of benzene rings is 2. The van der Waals surface area contributed by atoms with Gasteiger partial charge in [0.25, 0.3) is 11.8 Å². The smallest absolute Gasteiger partial charge is 0.251 e. The van der Waals surface area contributed by atoms with Crippen molar-refractivity contribution in [2.45, 2.75) is 38.1 Å². The highest BCUT2D eigenvalue weighted by atomic mass is 16.2. The number of anilines is 1. The van der Waals surface area contributed by atoms with E-state index in [0.717, 1.165) is 12.8 Å². The van der Waals surface area contributed by atoms with Crippen molar-refractivity contribution in [1.82, 2.24) is 10.6 Å². The number of rotatable bonds is 7. The minimum absolute atomic E-state index is 0.0756. The van der Waals surface area contributed by atoms with Crippen LogP contribution in [0.25, 0.3) is 0 Å². The van der Waals surface area contributed by atoms with Crippen molar-refractivity contribution in [3.05, 3.63) is 65.7 Å². The van der Waals surface area contributed by atoms with Crippen LogP contribution in [-0.2, 0) is 4.79 Å². The average Bonchev–Trinajstić information content (AvgIpc) is 3.22. The zero-order chi connectivity index (χ0) is 19.8. The molecule has 0 bridgehead atoms. The first kappa shape index (κ1) is 19.6. The molecule has 0 heterocycles. The van der Waals surface area contributed by atoms with Crippen LogP contribution in [0.15, 0.2) is 54.6 Å². The van der Waals surface area contributed by atoms with Crippen LogP contribution in [0, 0.1) is 0 Å². The highest BCUT2D eigenvalue weighted by Gasteiger charge is 2.17. The Balaban J connectivity index is 1.41. The summed E-state index contributed by atoms with van der Waals surface area (Å²) < 4.78 is 0. The van der Waals surface area contributed by atoms with E-state index >= 15 is 0 Å². The molecule has 0 aliphatic heterocycles. The van der Waals surface area contributed by atoms with Crippen molar-refractivity contribution in [2.24, 2.45) is 0 Å². The lowest BCUT2D eigenvalue weighted by Crippen LogP contribution is -2.32.